The average molecular weight is 458 g/mol. The Kier molecular flexibility index (Phi) is 4.56. The number of fused-ring (bicyclic) bond motifs is 6. The summed E-state index contributed by atoms with van der Waals surface area (Å²) >= 11 is 1.49. The summed E-state index contributed by atoms with van der Waals surface area (Å²) in [7, 11) is 0. The van der Waals surface area contributed by atoms with Gasteiger partial charge < -0.3 is 5.32 Å². The molecule has 1 aromatic heterocycles. The Morgan fingerprint density at radius 1 is 1.12 bits per heavy atom. The van der Waals surface area contributed by atoms with E-state index in [1.54, 1.807) is 24.3 Å². The molecule has 7 heteroatoms. The summed E-state index contributed by atoms with van der Waals surface area (Å²) in [6, 6.07) is 8.86. The Morgan fingerprint density at radius 2 is 1.79 bits per heavy atom. The minimum Gasteiger partial charge on any atom is -0.312 e. The second kappa shape index (κ2) is 7.39. The SMILES string of the molecule is CC1CCc2sc(NC(=O)c3ccc(N4C(=O)[C@@H]5[C@H](C4=O)[C@H]4C=C[C@@H]5C4)cc3)c(C#N)c2C1. The molecule has 5 atom stereocenters. The van der Waals surface area contributed by atoms with Crippen LogP contribution in [0, 0.1) is 40.9 Å². The molecule has 2 heterocycles. The van der Waals surface area contributed by atoms with Crippen molar-refractivity contribution in [1.82, 2.24) is 0 Å². The lowest BCUT2D eigenvalue weighted by atomic mass is 9.85. The third-order valence-electron chi connectivity index (χ3n) is 7.70. The van der Waals surface area contributed by atoms with E-state index in [-0.39, 0.29) is 41.4 Å². The number of nitrogens with one attached hydrogen (secondary N) is 1. The molecule has 2 fully saturated rings. The maximum Gasteiger partial charge on any atom is 0.256 e. The average Bonchev–Trinajstić information content (AvgIpc) is 3.56. The third kappa shape index (κ3) is 3.01. The first-order valence-electron chi connectivity index (χ1n) is 11.5. The summed E-state index contributed by atoms with van der Waals surface area (Å²) in [6.07, 6.45) is 7.96. The van der Waals surface area contributed by atoms with E-state index in [9.17, 15) is 19.6 Å². The maximum absolute atomic E-state index is 13.0. The number of nitriles is 1. The number of rotatable bonds is 3. The van der Waals surface area contributed by atoms with Gasteiger partial charge in [0.05, 0.1) is 23.1 Å². The van der Waals surface area contributed by atoms with Crippen LogP contribution >= 0.6 is 11.3 Å². The zero-order valence-electron chi connectivity index (χ0n) is 18.2. The lowest BCUT2D eigenvalue weighted by Gasteiger charge is -2.17. The Bertz CT molecular complexity index is 1240. The van der Waals surface area contributed by atoms with Crippen molar-refractivity contribution in [2.24, 2.45) is 29.6 Å². The number of carbonyl (C=O) groups excluding carboxylic acids is 3. The molecule has 6 nitrogen and oxygen atoms in total. The number of hydrogen-bond acceptors (Lipinski definition) is 5. The number of nitrogens with zero attached hydrogens (tertiary/aromatic N) is 2. The first-order chi connectivity index (χ1) is 16.0. The van der Waals surface area contributed by atoms with E-state index in [1.807, 2.05) is 0 Å². The van der Waals surface area contributed by atoms with Gasteiger partial charge in [-0.3, -0.25) is 19.3 Å². The highest BCUT2D eigenvalue weighted by Crippen LogP contribution is 2.53. The van der Waals surface area contributed by atoms with Gasteiger partial charge in [-0.15, -0.1) is 11.3 Å². The van der Waals surface area contributed by atoms with Crippen LogP contribution in [0.15, 0.2) is 36.4 Å². The van der Waals surface area contributed by atoms with Crippen LogP contribution in [0.1, 0.15) is 46.1 Å². The second-order valence-electron chi connectivity index (χ2n) is 9.68. The Balaban J connectivity index is 1.21. The molecule has 1 saturated heterocycles. The minimum absolute atomic E-state index is 0.129. The highest BCUT2D eigenvalue weighted by molar-refractivity contribution is 7.16. The molecular weight excluding hydrogens is 434 g/mol. The van der Waals surface area contributed by atoms with Gasteiger partial charge in [0.15, 0.2) is 0 Å². The molecule has 4 aliphatic rings. The van der Waals surface area contributed by atoms with E-state index in [0.29, 0.717) is 27.7 Å². The fourth-order valence-electron chi connectivity index (χ4n) is 6.06. The van der Waals surface area contributed by atoms with Gasteiger partial charge in [-0.05, 0) is 73.3 Å². The summed E-state index contributed by atoms with van der Waals surface area (Å²) in [5.74, 6) is -0.173. The van der Waals surface area contributed by atoms with Crippen molar-refractivity contribution in [3.63, 3.8) is 0 Å². The molecule has 0 radical (unpaired) electrons. The molecule has 2 bridgehead atoms. The summed E-state index contributed by atoms with van der Waals surface area (Å²) in [4.78, 5) is 41.4. The molecule has 6 rings (SSSR count). The van der Waals surface area contributed by atoms with E-state index in [2.05, 4.69) is 30.5 Å². The monoisotopic (exact) mass is 457 g/mol. The van der Waals surface area contributed by atoms with Crippen molar-refractivity contribution in [2.45, 2.75) is 32.6 Å². The van der Waals surface area contributed by atoms with E-state index in [0.717, 1.165) is 31.2 Å². The molecule has 3 amide bonds. The topological polar surface area (TPSA) is 90.3 Å². The molecule has 33 heavy (non-hydrogen) atoms. The number of anilines is 2. The van der Waals surface area contributed by atoms with Crippen molar-refractivity contribution in [3.05, 3.63) is 58.0 Å². The first-order valence-corrected chi connectivity index (χ1v) is 12.3. The number of thiophene rings is 1. The van der Waals surface area contributed by atoms with Crippen LogP contribution in [-0.2, 0) is 22.4 Å². The smallest absolute Gasteiger partial charge is 0.256 e. The van der Waals surface area contributed by atoms with E-state index < -0.39 is 0 Å². The van der Waals surface area contributed by atoms with Crippen LogP contribution in [0.5, 0.6) is 0 Å². The number of hydrogen-bond donors (Lipinski definition) is 1. The van der Waals surface area contributed by atoms with E-state index in [4.69, 9.17) is 0 Å². The highest BCUT2D eigenvalue weighted by Gasteiger charge is 2.59. The molecule has 166 valence electrons. The number of amides is 3. The maximum atomic E-state index is 13.0. The number of benzene rings is 1. The normalized spacial score (nSPS) is 29.2. The summed E-state index contributed by atoms with van der Waals surface area (Å²) in [6.45, 7) is 2.19. The van der Waals surface area contributed by atoms with Gasteiger partial charge in [0.1, 0.15) is 11.1 Å². The predicted molar refractivity (Wildman–Crippen MR) is 125 cm³/mol. The summed E-state index contributed by atoms with van der Waals surface area (Å²) in [5.41, 5.74) is 2.58. The first kappa shape index (κ1) is 20.4. The molecule has 3 aliphatic carbocycles. The molecule has 0 spiro atoms. The minimum atomic E-state index is -0.303. The van der Waals surface area contributed by atoms with Crippen molar-refractivity contribution < 1.29 is 14.4 Å². The lowest BCUT2D eigenvalue weighted by Crippen LogP contribution is -2.32. The standard InChI is InChI=1S/C26H23N3O3S/c1-13-2-9-20-18(10-13)19(12-27)24(33-20)28-23(30)14-5-7-17(8-6-14)29-25(31)21-15-3-4-16(11-15)22(21)26(29)32/h3-8,13,15-16,21-22H,2,9-11H2,1H3,(H,28,30)/t13?,15-,16+,21+,22-. The molecule has 2 aromatic rings. The number of carbonyl (C=O) groups is 3. The van der Waals surface area contributed by atoms with Gasteiger partial charge in [0.2, 0.25) is 11.8 Å². The van der Waals surface area contributed by atoms with E-state index in [1.165, 1.54) is 21.1 Å². The molecular formula is C26H23N3O3S. The quantitative estimate of drug-likeness (QED) is 0.549. The summed E-state index contributed by atoms with van der Waals surface area (Å²) < 4.78 is 0. The van der Waals surface area contributed by atoms with Crippen LogP contribution in [0.2, 0.25) is 0 Å². The Labute approximate surface area is 195 Å². The van der Waals surface area contributed by atoms with Crippen LogP contribution in [0.4, 0.5) is 10.7 Å². The van der Waals surface area contributed by atoms with Crippen molar-refractivity contribution in [2.75, 3.05) is 10.2 Å². The Morgan fingerprint density at radius 3 is 2.42 bits per heavy atom. The van der Waals surface area contributed by atoms with Gasteiger partial charge in [-0.1, -0.05) is 19.1 Å². The van der Waals surface area contributed by atoms with Gasteiger partial charge in [0.25, 0.3) is 5.91 Å². The van der Waals surface area contributed by atoms with Gasteiger partial charge in [0, 0.05) is 10.4 Å². The van der Waals surface area contributed by atoms with Crippen LogP contribution in [-0.4, -0.2) is 17.7 Å². The largest absolute Gasteiger partial charge is 0.312 e. The predicted octanol–water partition coefficient (Wildman–Crippen LogP) is 4.31. The van der Waals surface area contributed by atoms with Crippen LogP contribution < -0.4 is 10.2 Å². The van der Waals surface area contributed by atoms with Crippen LogP contribution in [0.3, 0.4) is 0 Å². The van der Waals surface area contributed by atoms with E-state index >= 15 is 0 Å². The van der Waals surface area contributed by atoms with Crippen molar-refractivity contribution in [1.29, 1.82) is 5.26 Å². The van der Waals surface area contributed by atoms with Gasteiger partial charge in [-0.2, -0.15) is 5.26 Å². The number of allylic oxidation sites excluding steroid dienone is 2. The molecule has 1 N–H and O–H groups in total. The number of imide groups is 1. The zero-order chi connectivity index (χ0) is 22.9. The molecule has 1 unspecified atom stereocenters. The Hall–Kier alpha value is -3.24. The van der Waals surface area contributed by atoms with Crippen molar-refractivity contribution >= 4 is 39.7 Å². The van der Waals surface area contributed by atoms with Crippen molar-refractivity contribution in [3.8, 4) is 6.07 Å². The third-order valence-corrected chi connectivity index (χ3v) is 8.91. The fourth-order valence-corrected chi connectivity index (χ4v) is 7.25. The van der Waals surface area contributed by atoms with Crippen LogP contribution in [0.25, 0.3) is 0 Å². The molecule has 1 aromatic carbocycles. The van der Waals surface area contributed by atoms with Gasteiger partial charge >= 0.3 is 0 Å². The summed E-state index contributed by atoms with van der Waals surface area (Å²) in [5, 5.41) is 13.2. The lowest BCUT2D eigenvalue weighted by molar-refractivity contribution is -0.123. The van der Waals surface area contributed by atoms with Gasteiger partial charge in [-0.25, -0.2) is 0 Å². The fraction of sp³-hybridized carbons (Fsp3) is 0.385. The zero-order valence-corrected chi connectivity index (χ0v) is 19.0. The number of aryl methyl sites for hydroxylation is 1. The molecule has 1 aliphatic heterocycles. The second-order valence-corrected chi connectivity index (χ2v) is 10.8. The molecule has 1 saturated carbocycles. The highest BCUT2D eigenvalue weighted by atomic mass is 32.1.